The van der Waals surface area contributed by atoms with Crippen LogP contribution >= 0.6 is 0 Å². The summed E-state index contributed by atoms with van der Waals surface area (Å²) in [6.45, 7) is 0. The molecule has 18 nitrogen and oxygen atoms in total. The average Bonchev–Trinajstić information content (AvgIpc) is 1.54. The Morgan fingerprint density at radius 1 is 0.526 bits per heavy atom. The molecule has 0 heterocycles. The number of hydrogen-bond acceptors (Lipinski definition) is 6. The van der Waals surface area contributed by atoms with Gasteiger partial charge in [0, 0.05) is 0 Å². The van der Waals surface area contributed by atoms with Crippen molar-refractivity contribution in [2.75, 3.05) is 0 Å². The van der Waals surface area contributed by atoms with E-state index in [1.165, 1.54) is 0 Å². The van der Waals surface area contributed by atoms with Crippen LogP contribution in [0.1, 0.15) is 0 Å². The average molecular weight is 447 g/mol. The van der Waals surface area contributed by atoms with Gasteiger partial charge in [-0.05, 0) is 0 Å². The van der Waals surface area contributed by atoms with E-state index in [1.54, 1.807) is 0 Å². The zero-order chi connectivity index (χ0) is 10.7. The third kappa shape index (κ3) is 2130. The summed E-state index contributed by atoms with van der Waals surface area (Å²) in [5.74, 6) is 0. The maximum atomic E-state index is 8.36. The molecule has 0 atom stereocenters. The van der Waals surface area contributed by atoms with E-state index in [0.717, 1.165) is 0 Å². The second kappa shape index (κ2) is 69.4. The molecule has 0 amide bonds. The molecule has 0 aliphatic rings. The van der Waals surface area contributed by atoms with Crippen molar-refractivity contribution in [1.82, 2.24) is 0 Å². The zero-order valence-electron chi connectivity index (χ0n) is 8.54. The minimum absolute atomic E-state index is 0. The first kappa shape index (κ1) is 83.3. The van der Waals surface area contributed by atoms with Crippen LogP contribution in [0.3, 0.4) is 0 Å². The van der Waals surface area contributed by atoms with E-state index in [9.17, 15) is 0 Å². The van der Waals surface area contributed by atoms with Gasteiger partial charge in [0.2, 0.25) is 0 Å². The van der Waals surface area contributed by atoms with Crippen molar-refractivity contribution in [3.8, 4) is 0 Å². The molecule has 0 aromatic rings. The molecule has 1 radical (unpaired) electrons. The van der Waals surface area contributed by atoms with Crippen LogP contribution in [0.4, 0.5) is 0 Å². The summed E-state index contributed by atoms with van der Waals surface area (Å²) in [5.41, 5.74) is 0. The smallest absolute Gasteiger partial charge is 0.412 e. The molecule has 0 saturated carbocycles. The molecule has 0 rings (SSSR count). The minimum atomic E-state index is -1.50. The first-order valence-corrected chi connectivity index (χ1v) is 1.70. The Kier molecular flexibility index (Phi) is 304. The normalized spacial score (nSPS) is 3.79. The van der Waals surface area contributed by atoms with Crippen molar-refractivity contribution < 1.29 is 104 Å². The van der Waals surface area contributed by atoms with E-state index >= 15 is 0 Å². The van der Waals surface area contributed by atoms with Gasteiger partial charge in [-0.25, -0.2) is 0 Å². The quantitative estimate of drug-likeness (QED) is 0.234. The Hall–Kier alpha value is -1.30. The van der Waals surface area contributed by atoms with Gasteiger partial charge in [-0.15, -0.1) is 30.3 Å². The maximum absolute atomic E-state index is 8.36. The fraction of sp³-hybridized carbons (Fsp3) is 0. The predicted octanol–water partition coefficient (Wildman–Crippen LogP) is -5.99. The molecule has 0 saturated heterocycles. The van der Waals surface area contributed by atoms with Crippen molar-refractivity contribution in [3.05, 3.63) is 30.3 Å². The van der Waals surface area contributed by atoms with Crippen LogP contribution in [0.2, 0.25) is 0 Å². The molecular formula is H15N3O15Sm+3. The Balaban J connectivity index is -0.00000000675. The summed E-state index contributed by atoms with van der Waals surface area (Å²) < 4.78 is 0. The van der Waals surface area contributed by atoms with Crippen LogP contribution < -0.4 is 0 Å². The summed E-state index contributed by atoms with van der Waals surface area (Å²) in [5, 5.41) is 40.9. The molecule has 0 unspecified atom stereocenters. The van der Waals surface area contributed by atoms with Crippen LogP contribution in [-0.2, 0) is 0 Å². The minimum Gasteiger partial charge on any atom is -0.412 e. The van der Waals surface area contributed by atoms with E-state index in [-0.39, 0.29) is 73.2 Å². The van der Waals surface area contributed by atoms with Gasteiger partial charge in [0.25, 0.3) is 15.3 Å². The Bertz CT molecular complexity index is 115. The monoisotopic (exact) mass is 449 g/mol. The molecule has 19 heteroatoms. The molecule has 0 fully saturated rings. The molecule has 123 valence electrons. The van der Waals surface area contributed by atoms with Gasteiger partial charge < -0.3 is 48.5 Å². The second-order valence-corrected chi connectivity index (χ2v) is 0.714. The number of hydrogen-bond donors (Lipinski definition) is 3. The van der Waals surface area contributed by atoms with E-state index < -0.39 is 15.3 Å². The molecule has 0 spiro atoms. The molecule has 0 aliphatic heterocycles. The predicted molar refractivity (Wildman–Crippen MR) is 48.0 cm³/mol. The first-order valence-electron chi connectivity index (χ1n) is 1.70. The Morgan fingerprint density at radius 3 is 0.526 bits per heavy atom. The molecule has 19 heavy (non-hydrogen) atoms. The van der Waals surface area contributed by atoms with Gasteiger partial charge in [0.1, 0.15) is 0 Å². The van der Waals surface area contributed by atoms with Crippen molar-refractivity contribution in [2.45, 2.75) is 0 Å². The SMILES string of the molecule is O.O.O.O.O.O.O=[N+]([O-])O.O=[N+]([O-])O.O=[N+]([O-])O.[Sm+3]. The van der Waals surface area contributed by atoms with Crippen molar-refractivity contribution in [1.29, 1.82) is 0 Å². The van der Waals surface area contributed by atoms with Gasteiger partial charge in [0.05, 0.1) is 0 Å². The van der Waals surface area contributed by atoms with Crippen molar-refractivity contribution >= 4 is 0 Å². The topological polar surface area (TPSA) is 379 Å². The zero-order valence-corrected chi connectivity index (χ0v) is 11.2. The summed E-state index contributed by atoms with van der Waals surface area (Å²) in [4.78, 5) is 25.1. The second-order valence-electron chi connectivity index (χ2n) is 0.714. The molecule has 15 N–H and O–H groups in total. The fourth-order valence-electron chi connectivity index (χ4n) is 0. The van der Waals surface area contributed by atoms with Crippen molar-refractivity contribution in [2.24, 2.45) is 0 Å². The van der Waals surface area contributed by atoms with E-state index in [4.69, 9.17) is 46.0 Å². The molecule has 0 aliphatic carbocycles. The maximum Gasteiger partial charge on any atom is 3.00 e. The summed E-state index contributed by atoms with van der Waals surface area (Å²) >= 11 is 0. The van der Waals surface area contributed by atoms with Gasteiger partial charge in [-0.1, -0.05) is 0 Å². The Labute approximate surface area is 134 Å². The largest absolute Gasteiger partial charge is 3.00 e. The third-order valence-corrected chi connectivity index (χ3v) is 0. The Morgan fingerprint density at radius 2 is 0.526 bits per heavy atom. The van der Waals surface area contributed by atoms with Crippen LogP contribution in [0.5, 0.6) is 0 Å². The van der Waals surface area contributed by atoms with E-state index in [0.29, 0.717) is 0 Å². The van der Waals surface area contributed by atoms with Crippen molar-refractivity contribution in [3.63, 3.8) is 0 Å². The van der Waals surface area contributed by atoms with E-state index in [1.807, 2.05) is 0 Å². The molecule has 0 aromatic heterocycles. The van der Waals surface area contributed by atoms with Gasteiger partial charge >= 0.3 is 40.4 Å². The summed E-state index contributed by atoms with van der Waals surface area (Å²) in [6.07, 6.45) is 0. The third-order valence-electron chi connectivity index (χ3n) is 0. The van der Waals surface area contributed by atoms with Crippen LogP contribution in [0, 0.1) is 70.7 Å². The van der Waals surface area contributed by atoms with Gasteiger partial charge in [-0.2, -0.15) is 0 Å². The number of rotatable bonds is 0. The molecular weight excluding hydrogens is 432 g/mol. The molecule has 0 aromatic carbocycles. The standard InChI is InChI=1S/3HNO3.6H2O.Sm/c3*2-1(3)4;;;;;;;/h3*(H,2,3,4);6*1H2;/q;;;;;;;;;+3. The van der Waals surface area contributed by atoms with Crippen LogP contribution in [-0.4, -0.2) is 63.7 Å². The first-order chi connectivity index (χ1) is 5.20. The summed E-state index contributed by atoms with van der Waals surface area (Å²) in [6, 6.07) is 0. The summed E-state index contributed by atoms with van der Waals surface area (Å²) in [7, 11) is 0. The van der Waals surface area contributed by atoms with E-state index in [2.05, 4.69) is 0 Å². The fourth-order valence-corrected chi connectivity index (χ4v) is 0. The van der Waals surface area contributed by atoms with Crippen LogP contribution in [0.15, 0.2) is 0 Å². The number of nitrogens with zero attached hydrogens (tertiary/aromatic N) is 3. The van der Waals surface area contributed by atoms with Gasteiger partial charge in [0.15, 0.2) is 0 Å². The van der Waals surface area contributed by atoms with Gasteiger partial charge in [-0.3, -0.25) is 0 Å². The van der Waals surface area contributed by atoms with Crippen LogP contribution in [0.25, 0.3) is 0 Å². The molecule has 0 bridgehead atoms.